The first-order chi connectivity index (χ1) is 20.3. The first kappa shape index (κ1) is 27.8. The Labute approximate surface area is 242 Å². The van der Waals surface area contributed by atoms with Crippen molar-refractivity contribution in [1.82, 2.24) is 0 Å². The lowest BCUT2D eigenvalue weighted by Crippen LogP contribution is -2.35. The summed E-state index contributed by atoms with van der Waals surface area (Å²) in [7, 11) is 0. The van der Waals surface area contributed by atoms with Gasteiger partial charge in [0.25, 0.3) is 0 Å². The second kappa shape index (κ2) is 9.86. The molecule has 2 aliphatic rings. The maximum atomic E-state index is 11.6. The molecule has 2 heterocycles. The summed E-state index contributed by atoms with van der Waals surface area (Å²) < 4.78 is 11.8. The molecule has 0 bridgehead atoms. The fourth-order valence-electron chi connectivity index (χ4n) is 5.74. The summed E-state index contributed by atoms with van der Waals surface area (Å²) in [6, 6.07) is 9.44. The number of aliphatic hydroxyl groups excluding tert-OH is 2. The molecule has 224 valence electrons. The normalized spacial score (nSPS) is 22.6. The highest BCUT2D eigenvalue weighted by atomic mass is 16.5. The number of aromatic hydroxyl groups is 9. The standard InChI is InChI=1S/C30H26O13/c31-12-1-2-13-21(7-12)43-30(11-5-18(35)27(40)19(36)6-11)28(41)23(13)24-15(32)9-22-14(25(24)38)8-20(37)29(42-22)10-3-16(33)26(39)17(34)4-10/h1-7,9,20,23,28-41H,8H2. The molecule has 0 radical (unpaired) electrons. The Kier molecular flexibility index (Phi) is 6.36. The zero-order chi connectivity index (χ0) is 30.9. The zero-order valence-corrected chi connectivity index (χ0v) is 21.9. The molecule has 6 rings (SSSR count). The van der Waals surface area contributed by atoms with Crippen molar-refractivity contribution in [3.63, 3.8) is 0 Å². The molecule has 4 aromatic carbocycles. The molecule has 4 aromatic rings. The lowest BCUT2D eigenvalue weighted by molar-refractivity contribution is 0.00649. The summed E-state index contributed by atoms with van der Waals surface area (Å²) in [4.78, 5) is 0. The van der Waals surface area contributed by atoms with Crippen molar-refractivity contribution in [2.24, 2.45) is 0 Å². The summed E-state index contributed by atoms with van der Waals surface area (Å²) in [5.41, 5.74) is 0.278. The van der Waals surface area contributed by atoms with Crippen LogP contribution in [0, 0.1) is 0 Å². The summed E-state index contributed by atoms with van der Waals surface area (Å²) in [6.07, 6.45) is -5.66. The second-order valence-corrected chi connectivity index (χ2v) is 10.5. The van der Waals surface area contributed by atoms with Crippen LogP contribution in [-0.4, -0.2) is 68.4 Å². The quantitative estimate of drug-likeness (QED) is 0.153. The van der Waals surface area contributed by atoms with Gasteiger partial charge in [-0.15, -0.1) is 0 Å². The number of aliphatic hydroxyl groups is 2. The van der Waals surface area contributed by atoms with Gasteiger partial charge in [0, 0.05) is 52.3 Å². The van der Waals surface area contributed by atoms with Crippen molar-refractivity contribution in [3.05, 3.63) is 76.3 Å². The van der Waals surface area contributed by atoms with Crippen molar-refractivity contribution >= 4 is 0 Å². The number of benzene rings is 4. The number of phenolic OH excluding ortho intramolecular Hbond substituents is 9. The van der Waals surface area contributed by atoms with Crippen LogP contribution in [-0.2, 0) is 6.42 Å². The predicted molar refractivity (Wildman–Crippen MR) is 145 cm³/mol. The Balaban J connectivity index is 1.45. The molecule has 0 aliphatic carbocycles. The van der Waals surface area contributed by atoms with Crippen molar-refractivity contribution < 1.29 is 65.6 Å². The van der Waals surface area contributed by atoms with Crippen LogP contribution in [0.5, 0.6) is 63.2 Å². The van der Waals surface area contributed by atoms with Crippen molar-refractivity contribution in [2.45, 2.75) is 36.8 Å². The highest BCUT2D eigenvalue weighted by Gasteiger charge is 2.44. The van der Waals surface area contributed by atoms with Crippen LogP contribution >= 0.6 is 0 Å². The summed E-state index contributed by atoms with van der Waals surface area (Å²) in [6.45, 7) is 0. The number of phenols is 9. The lowest BCUT2D eigenvalue weighted by atomic mass is 9.78. The van der Waals surface area contributed by atoms with E-state index in [2.05, 4.69) is 0 Å². The van der Waals surface area contributed by atoms with E-state index in [-0.39, 0.29) is 51.5 Å². The summed E-state index contributed by atoms with van der Waals surface area (Å²) >= 11 is 0. The third-order valence-corrected chi connectivity index (χ3v) is 7.79. The summed E-state index contributed by atoms with van der Waals surface area (Å²) in [5, 5.41) is 115. The largest absolute Gasteiger partial charge is 0.508 e. The third kappa shape index (κ3) is 4.42. The van der Waals surface area contributed by atoms with Gasteiger partial charge in [0.05, 0.1) is 6.10 Å². The topological polar surface area (TPSA) is 241 Å². The van der Waals surface area contributed by atoms with E-state index in [0.29, 0.717) is 0 Å². The van der Waals surface area contributed by atoms with Crippen molar-refractivity contribution in [1.29, 1.82) is 0 Å². The van der Waals surface area contributed by atoms with Crippen LogP contribution in [0.3, 0.4) is 0 Å². The van der Waals surface area contributed by atoms with E-state index < -0.39 is 76.3 Å². The average Bonchev–Trinajstić information content (AvgIpc) is 2.95. The molecule has 0 saturated heterocycles. The van der Waals surface area contributed by atoms with Crippen LogP contribution in [0.4, 0.5) is 0 Å². The molecule has 2 aliphatic heterocycles. The first-order valence-corrected chi connectivity index (χ1v) is 12.9. The minimum Gasteiger partial charge on any atom is -0.508 e. The van der Waals surface area contributed by atoms with Gasteiger partial charge in [0.15, 0.2) is 46.7 Å². The smallest absolute Gasteiger partial charge is 0.200 e. The fraction of sp³-hybridized carbons (Fsp3) is 0.200. The van der Waals surface area contributed by atoms with Gasteiger partial charge in [0.1, 0.15) is 34.9 Å². The molecule has 13 nitrogen and oxygen atoms in total. The van der Waals surface area contributed by atoms with E-state index in [0.717, 1.165) is 24.3 Å². The number of hydrogen-bond donors (Lipinski definition) is 11. The Bertz CT molecular complexity index is 1720. The van der Waals surface area contributed by atoms with Crippen LogP contribution in [0.25, 0.3) is 0 Å². The molecule has 11 N–H and O–H groups in total. The third-order valence-electron chi connectivity index (χ3n) is 7.79. The van der Waals surface area contributed by atoms with Gasteiger partial charge < -0.3 is 65.6 Å². The van der Waals surface area contributed by atoms with Gasteiger partial charge >= 0.3 is 0 Å². The Hall–Kier alpha value is -5.40. The second-order valence-electron chi connectivity index (χ2n) is 10.5. The van der Waals surface area contributed by atoms with Crippen LogP contribution in [0.1, 0.15) is 45.9 Å². The van der Waals surface area contributed by atoms with E-state index in [1.54, 1.807) is 0 Å². The average molecular weight is 595 g/mol. The van der Waals surface area contributed by atoms with Gasteiger partial charge in [-0.05, 0) is 30.3 Å². The highest BCUT2D eigenvalue weighted by Crippen LogP contribution is 2.55. The monoisotopic (exact) mass is 594 g/mol. The Morgan fingerprint density at radius 3 is 1.67 bits per heavy atom. The fourth-order valence-corrected chi connectivity index (χ4v) is 5.74. The van der Waals surface area contributed by atoms with E-state index in [1.807, 2.05) is 0 Å². The van der Waals surface area contributed by atoms with Crippen LogP contribution in [0.2, 0.25) is 0 Å². The number of rotatable bonds is 3. The number of ether oxygens (including phenoxy) is 2. The molecular weight excluding hydrogens is 568 g/mol. The molecule has 13 heteroatoms. The van der Waals surface area contributed by atoms with E-state index in [9.17, 15) is 56.2 Å². The predicted octanol–water partition coefficient (Wildman–Crippen LogP) is 2.70. The van der Waals surface area contributed by atoms with Crippen molar-refractivity contribution in [2.75, 3.05) is 0 Å². The molecule has 0 aromatic heterocycles. The maximum absolute atomic E-state index is 11.6. The minimum absolute atomic E-state index is 0.0261. The van der Waals surface area contributed by atoms with Gasteiger partial charge in [0.2, 0.25) is 0 Å². The van der Waals surface area contributed by atoms with Gasteiger partial charge in [-0.25, -0.2) is 0 Å². The first-order valence-electron chi connectivity index (χ1n) is 12.9. The molecule has 0 spiro atoms. The van der Waals surface area contributed by atoms with Gasteiger partial charge in [-0.1, -0.05) is 6.07 Å². The summed E-state index contributed by atoms with van der Waals surface area (Å²) in [5.74, 6) is -6.70. The number of fused-ring (bicyclic) bond motifs is 2. The Morgan fingerprint density at radius 2 is 1.09 bits per heavy atom. The molecule has 5 atom stereocenters. The maximum Gasteiger partial charge on any atom is 0.200 e. The molecule has 43 heavy (non-hydrogen) atoms. The van der Waals surface area contributed by atoms with E-state index in [4.69, 9.17) is 9.47 Å². The van der Waals surface area contributed by atoms with E-state index >= 15 is 0 Å². The van der Waals surface area contributed by atoms with Crippen molar-refractivity contribution in [3.8, 4) is 63.2 Å². The van der Waals surface area contributed by atoms with Gasteiger partial charge in [-0.2, -0.15) is 0 Å². The van der Waals surface area contributed by atoms with Crippen LogP contribution in [0.15, 0.2) is 48.5 Å². The number of hydrogen-bond acceptors (Lipinski definition) is 13. The molecule has 5 unspecified atom stereocenters. The molecular formula is C30H26O13. The Morgan fingerprint density at radius 1 is 0.558 bits per heavy atom. The zero-order valence-electron chi connectivity index (χ0n) is 21.9. The molecule has 0 saturated carbocycles. The van der Waals surface area contributed by atoms with E-state index in [1.165, 1.54) is 24.3 Å². The van der Waals surface area contributed by atoms with Crippen LogP contribution < -0.4 is 9.47 Å². The van der Waals surface area contributed by atoms with Gasteiger partial charge in [-0.3, -0.25) is 0 Å². The molecule has 0 amide bonds. The minimum atomic E-state index is -1.58. The lowest BCUT2D eigenvalue weighted by Gasteiger charge is -2.39. The SMILES string of the molecule is Oc1ccc2c(c1)OC(c1cc(O)c(O)c(O)c1)C(O)C2c1c(O)cc2c(c1O)CC(O)C(c1cc(O)c(O)c(O)c1)O2. The molecule has 0 fully saturated rings. The highest BCUT2D eigenvalue weighted by molar-refractivity contribution is 5.64.